The molecule has 0 amide bonds. The van der Waals surface area contributed by atoms with Gasteiger partial charge in [0.1, 0.15) is 0 Å². The Hall–Kier alpha value is 0.250. The van der Waals surface area contributed by atoms with Gasteiger partial charge in [-0.3, -0.25) is 11.3 Å². The van der Waals surface area contributed by atoms with E-state index in [-0.39, 0.29) is 0 Å². The van der Waals surface area contributed by atoms with E-state index < -0.39 is 0 Å². The summed E-state index contributed by atoms with van der Waals surface area (Å²) in [6.45, 7) is 2.27. The highest BCUT2D eigenvalue weighted by molar-refractivity contribution is 8.07. The third-order valence-electron chi connectivity index (χ3n) is 2.98. The molecule has 1 fully saturated rings. The van der Waals surface area contributed by atoms with Gasteiger partial charge in [-0.05, 0) is 6.42 Å². The highest BCUT2D eigenvalue weighted by atomic mass is 32.2. The Kier molecular flexibility index (Phi) is 5.62. The van der Waals surface area contributed by atoms with Crippen molar-refractivity contribution in [3.05, 3.63) is 16.6 Å². The van der Waals surface area contributed by atoms with Crippen LogP contribution in [0.1, 0.15) is 18.4 Å². The van der Waals surface area contributed by atoms with Crippen molar-refractivity contribution in [2.24, 2.45) is 5.84 Å². The van der Waals surface area contributed by atoms with E-state index in [1.807, 2.05) is 11.6 Å². The van der Waals surface area contributed by atoms with Crippen LogP contribution in [-0.2, 0) is 6.42 Å². The molecular weight excluding hydrogens is 270 g/mol. The van der Waals surface area contributed by atoms with Gasteiger partial charge in [0.15, 0.2) is 0 Å². The van der Waals surface area contributed by atoms with Crippen LogP contribution in [-0.4, -0.2) is 33.0 Å². The number of rotatable bonds is 5. The van der Waals surface area contributed by atoms with Gasteiger partial charge in [0.2, 0.25) is 0 Å². The zero-order valence-corrected chi connectivity index (χ0v) is 12.4. The number of hydrogen-bond donors (Lipinski definition) is 2. The van der Waals surface area contributed by atoms with Crippen LogP contribution in [0.5, 0.6) is 0 Å². The average molecular weight is 289 g/mol. The lowest BCUT2D eigenvalue weighted by molar-refractivity contribution is 0.489. The SMILES string of the molecule is CCC1SCCSC1C(Cc1nccs1)NN. The standard InChI is InChI=1S/C11H19N3S3/c1-2-9-11(17-6-5-15-9)8(14-12)7-10-13-3-4-16-10/h3-4,8-9,11,14H,2,5-7,12H2,1H3. The Morgan fingerprint density at radius 2 is 2.35 bits per heavy atom. The molecule has 0 spiro atoms. The molecule has 96 valence electrons. The number of aromatic nitrogens is 1. The van der Waals surface area contributed by atoms with Gasteiger partial charge in [0.05, 0.1) is 5.01 Å². The van der Waals surface area contributed by atoms with Crippen molar-refractivity contribution in [2.45, 2.75) is 36.3 Å². The van der Waals surface area contributed by atoms with Gasteiger partial charge in [-0.1, -0.05) is 6.92 Å². The summed E-state index contributed by atoms with van der Waals surface area (Å²) in [5, 5.41) is 4.53. The topological polar surface area (TPSA) is 50.9 Å². The lowest BCUT2D eigenvalue weighted by Gasteiger charge is -2.35. The predicted molar refractivity (Wildman–Crippen MR) is 79.7 cm³/mol. The molecular formula is C11H19N3S3. The molecule has 1 aliphatic heterocycles. The number of thiazole rings is 1. The molecule has 3 unspecified atom stereocenters. The Balaban J connectivity index is 2.00. The first-order valence-electron chi connectivity index (χ1n) is 5.92. The Morgan fingerprint density at radius 3 is 3.00 bits per heavy atom. The molecule has 0 aromatic carbocycles. The van der Waals surface area contributed by atoms with E-state index in [1.54, 1.807) is 11.3 Å². The number of nitrogens with two attached hydrogens (primary N) is 1. The summed E-state index contributed by atoms with van der Waals surface area (Å²) in [6, 6.07) is 0.337. The molecule has 0 bridgehead atoms. The fourth-order valence-corrected chi connectivity index (χ4v) is 6.04. The van der Waals surface area contributed by atoms with Crippen molar-refractivity contribution in [3.8, 4) is 0 Å². The molecule has 0 saturated carbocycles. The van der Waals surface area contributed by atoms with Crippen molar-refractivity contribution in [3.63, 3.8) is 0 Å². The van der Waals surface area contributed by atoms with Gasteiger partial charge in [0, 0.05) is 46.0 Å². The predicted octanol–water partition coefficient (Wildman–Crippen LogP) is 2.14. The monoisotopic (exact) mass is 289 g/mol. The van der Waals surface area contributed by atoms with Gasteiger partial charge in [0.25, 0.3) is 0 Å². The summed E-state index contributed by atoms with van der Waals surface area (Å²) in [7, 11) is 0. The zero-order chi connectivity index (χ0) is 12.1. The molecule has 0 radical (unpaired) electrons. The molecule has 3 atom stereocenters. The van der Waals surface area contributed by atoms with E-state index in [9.17, 15) is 0 Å². The van der Waals surface area contributed by atoms with Crippen molar-refractivity contribution in [1.82, 2.24) is 10.4 Å². The van der Waals surface area contributed by atoms with Crippen LogP contribution >= 0.6 is 34.9 Å². The van der Waals surface area contributed by atoms with Gasteiger partial charge in [-0.25, -0.2) is 4.98 Å². The van der Waals surface area contributed by atoms with E-state index in [1.165, 1.54) is 22.9 Å². The maximum Gasteiger partial charge on any atom is 0.0941 e. The third kappa shape index (κ3) is 3.61. The lowest BCUT2D eigenvalue weighted by atomic mass is 10.1. The summed E-state index contributed by atoms with van der Waals surface area (Å²) in [5.74, 6) is 8.25. The van der Waals surface area contributed by atoms with Crippen LogP contribution in [0.2, 0.25) is 0 Å². The quantitative estimate of drug-likeness (QED) is 0.642. The molecule has 1 saturated heterocycles. The van der Waals surface area contributed by atoms with Gasteiger partial charge >= 0.3 is 0 Å². The van der Waals surface area contributed by atoms with E-state index in [2.05, 4.69) is 40.9 Å². The smallest absolute Gasteiger partial charge is 0.0941 e. The summed E-state index contributed by atoms with van der Waals surface area (Å²) in [5.41, 5.74) is 3.01. The molecule has 3 nitrogen and oxygen atoms in total. The molecule has 2 heterocycles. The molecule has 6 heteroatoms. The first kappa shape index (κ1) is 13.7. The molecule has 1 aliphatic rings. The summed E-state index contributed by atoms with van der Waals surface area (Å²) >= 11 is 5.87. The molecule has 17 heavy (non-hydrogen) atoms. The number of thioether (sulfide) groups is 2. The highest BCUT2D eigenvalue weighted by Gasteiger charge is 2.31. The lowest BCUT2D eigenvalue weighted by Crippen LogP contribution is -2.49. The van der Waals surface area contributed by atoms with Crippen LogP contribution < -0.4 is 11.3 Å². The Labute approximate surface area is 115 Å². The van der Waals surface area contributed by atoms with Crippen LogP contribution in [0.3, 0.4) is 0 Å². The molecule has 3 N–H and O–H groups in total. The third-order valence-corrected chi connectivity index (χ3v) is 7.19. The number of nitrogens with one attached hydrogen (secondary N) is 1. The highest BCUT2D eigenvalue weighted by Crippen LogP contribution is 2.35. The molecule has 1 aromatic rings. The summed E-state index contributed by atoms with van der Waals surface area (Å²) in [6.07, 6.45) is 4.04. The second kappa shape index (κ2) is 6.99. The minimum Gasteiger partial charge on any atom is -0.271 e. The second-order valence-corrected chi connectivity index (χ2v) is 7.67. The van der Waals surface area contributed by atoms with E-state index in [0.29, 0.717) is 11.3 Å². The molecule has 1 aromatic heterocycles. The van der Waals surface area contributed by atoms with Gasteiger partial charge in [-0.15, -0.1) is 11.3 Å². The second-order valence-electron chi connectivity index (χ2n) is 4.06. The number of hydrogen-bond acceptors (Lipinski definition) is 6. The van der Waals surface area contributed by atoms with Crippen molar-refractivity contribution >= 4 is 34.9 Å². The zero-order valence-electron chi connectivity index (χ0n) is 9.96. The first-order valence-corrected chi connectivity index (χ1v) is 8.90. The first-order chi connectivity index (χ1) is 8.35. The fourth-order valence-electron chi connectivity index (χ4n) is 2.12. The van der Waals surface area contributed by atoms with Crippen LogP contribution in [0.25, 0.3) is 0 Å². The Morgan fingerprint density at radius 1 is 1.53 bits per heavy atom. The minimum absolute atomic E-state index is 0.337. The number of hydrazine groups is 1. The van der Waals surface area contributed by atoms with Crippen molar-refractivity contribution < 1.29 is 0 Å². The number of nitrogens with zero attached hydrogens (tertiary/aromatic N) is 1. The maximum atomic E-state index is 5.74. The fraction of sp³-hybridized carbons (Fsp3) is 0.727. The van der Waals surface area contributed by atoms with Gasteiger partial charge < -0.3 is 0 Å². The van der Waals surface area contributed by atoms with Crippen molar-refractivity contribution in [1.29, 1.82) is 0 Å². The maximum absolute atomic E-state index is 5.74. The molecule has 0 aliphatic carbocycles. The minimum atomic E-state index is 0.337. The summed E-state index contributed by atoms with van der Waals surface area (Å²) in [4.78, 5) is 4.36. The normalized spacial score (nSPS) is 26.9. The van der Waals surface area contributed by atoms with Crippen molar-refractivity contribution in [2.75, 3.05) is 11.5 Å². The van der Waals surface area contributed by atoms with Crippen LogP contribution in [0.4, 0.5) is 0 Å². The van der Waals surface area contributed by atoms with E-state index >= 15 is 0 Å². The van der Waals surface area contributed by atoms with Crippen LogP contribution in [0.15, 0.2) is 11.6 Å². The Bertz CT molecular complexity index is 318. The van der Waals surface area contributed by atoms with E-state index in [0.717, 1.165) is 11.7 Å². The largest absolute Gasteiger partial charge is 0.271 e. The van der Waals surface area contributed by atoms with Crippen LogP contribution in [0, 0.1) is 0 Å². The van der Waals surface area contributed by atoms with Gasteiger partial charge in [-0.2, -0.15) is 23.5 Å². The molecule has 2 rings (SSSR count). The van der Waals surface area contributed by atoms with E-state index in [4.69, 9.17) is 5.84 Å². The average Bonchev–Trinajstić information content (AvgIpc) is 2.89. The summed E-state index contributed by atoms with van der Waals surface area (Å²) < 4.78 is 0.